The Kier molecular flexibility index (Phi) is 4.54. The smallest absolute Gasteiger partial charge is 0.0897 e. The van der Waals surface area contributed by atoms with E-state index in [1.165, 1.54) is 11.3 Å². The zero-order valence-corrected chi connectivity index (χ0v) is 11.7. The summed E-state index contributed by atoms with van der Waals surface area (Å²) in [6, 6.07) is 0. The molecule has 0 saturated carbocycles. The summed E-state index contributed by atoms with van der Waals surface area (Å²) in [5.74, 6) is 1.29. The third-order valence-electron chi connectivity index (χ3n) is 3.30. The van der Waals surface area contributed by atoms with Crippen LogP contribution in [0.3, 0.4) is 0 Å². The molecule has 0 aliphatic carbocycles. The molecule has 1 aromatic rings. The lowest BCUT2D eigenvalue weighted by molar-refractivity contribution is 0.0539. The predicted molar refractivity (Wildman–Crippen MR) is 71.2 cm³/mol. The van der Waals surface area contributed by atoms with E-state index in [9.17, 15) is 0 Å². The fourth-order valence-electron chi connectivity index (χ4n) is 2.48. The summed E-state index contributed by atoms with van der Waals surface area (Å²) in [7, 11) is 0. The van der Waals surface area contributed by atoms with Crippen molar-refractivity contribution in [2.75, 3.05) is 13.2 Å². The van der Waals surface area contributed by atoms with Crippen molar-refractivity contribution in [2.24, 2.45) is 11.8 Å². The van der Waals surface area contributed by atoms with Crippen molar-refractivity contribution in [3.05, 3.63) is 16.1 Å². The molecule has 1 N–H and O–H groups in total. The Morgan fingerprint density at radius 3 is 3.06 bits per heavy atom. The van der Waals surface area contributed by atoms with Crippen LogP contribution in [-0.2, 0) is 11.3 Å². The van der Waals surface area contributed by atoms with Crippen LogP contribution in [0.2, 0.25) is 0 Å². The van der Waals surface area contributed by atoms with Crippen molar-refractivity contribution in [2.45, 2.75) is 39.8 Å². The molecule has 0 aromatic carbocycles. The van der Waals surface area contributed by atoms with E-state index in [0.717, 1.165) is 24.7 Å². The second-order valence-electron chi connectivity index (χ2n) is 5.10. The molecule has 2 heterocycles. The maximum absolute atomic E-state index is 5.78. The van der Waals surface area contributed by atoms with Crippen LogP contribution >= 0.6 is 11.3 Å². The summed E-state index contributed by atoms with van der Waals surface area (Å²) in [5, 5.41) is 4.68. The number of nitrogens with one attached hydrogen (secondary N) is 1. The fourth-order valence-corrected chi connectivity index (χ4v) is 3.24. The maximum Gasteiger partial charge on any atom is 0.0897 e. The highest BCUT2D eigenvalue weighted by molar-refractivity contribution is 7.11. The first-order chi connectivity index (χ1) is 8.16. The van der Waals surface area contributed by atoms with E-state index in [1.807, 2.05) is 13.1 Å². The second-order valence-corrected chi connectivity index (χ2v) is 6.42. The average Bonchev–Trinajstić information content (AvgIpc) is 2.87. The summed E-state index contributed by atoms with van der Waals surface area (Å²) in [6.07, 6.45) is 3.60. The van der Waals surface area contributed by atoms with Crippen molar-refractivity contribution in [1.82, 2.24) is 10.3 Å². The number of aromatic nitrogens is 1. The zero-order valence-electron chi connectivity index (χ0n) is 10.9. The van der Waals surface area contributed by atoms with Crippen molar-refractivity contribution in [3.8, 4) is 0 Å². The first-order valence-corrected chi connectivity index (χ1v) is 7.22. The van der Waals surface area contributed by atoms with Gasteiger partial charge in [-0.15, -0.1) is 11.3 Å². The first-order valence-electron chi connectivity index (χ1n) is 6.40. The van der Waals surface area contributed by atoms with E-state index >= 15 is 0 Å². The Bertz CT molecular complexity index is 351. The number of nitrogens with zero attached hydrogens (tertiary/aromatic N) is 1. The van der Waals surface area contributed by atoms with Crippen molar-refractivity contribution in [3.63, 3.8) is 0 Å². The molecule has 2 rings (SSSR count). The fraction of sp³-hybridized carbons (Fsp3) is 0.769. The lowest BCUT2D eigenvalue weighted by atomic mass is 9.93. The Balaban J connectivity index is 1.74. The average molecular weight is 254 g/mol. The molecule has 1 aliphatic heterocycles. The molecule has 3 nitrogen and oxygen atoms in total. The van der Waals surface area contributed by atoms with Gasteiger partial charge in [0.15, 0.2) is 0 Å². The van der Waals surface area contributed by atoms with Gasteiger partial charge in [0, 0.05) is 30.8 Å². The van der Waals surface area contributed by atoms with Gasteiger partial charge in [-0.2, -0.15) is 0 Å². The number of hydrogen-bond acceptors (Lipinski definition) is 4. The molecule has 4 heteroatoms. The van der Waals surface area contributed by atoms with Gasteiger partial charge in [0.25, 0.3) is 0 Å². The summed E-state index contributed by atoms with van der Waals surface area (Å²) in [4.78, 5) is 5.59. The van der Waals surface area contributed by atoms with Crippen LogP contribution < -0.4 is 5.32 Å². The van der Waals surface area contributed by atoms with Crippen molar-refractivity contribution in [1.29, 1.82) is 0 Å². The molecule has 0 amide bonds. The van der Waals surface area contributed by atoms with Crippen LogP contribution in [0.4, 0.5) is 0 Å². The number of hydrogen-bond donors (Lipinski definition) is 1. The van der Waals surface area contributed by atoms with E-state index < -0.39 is 0 Å². The van der Waals surface area contributed by atoms with Gasteiger partial charge in [0.1, 0.15) is 0 Å². The van der Waals surface area contributed by atoms with Crippen molar-refractivity contribution < 1.29 is 4.74 Å². The molecule has 0 bridgehead atoms. The summed E-state index contributed by atoms with van der Waals surface area (Å²) in [6.45, 7) is 9.46. The van der Waals surface area contributed by atoms with Gasteiger partial charge >= 0.3 is 0 Å². The minimum absolute atomic E-state index is 0.436. The lowest BCUT2D eigenvalue weighted by Crippen LogP contribution is -2.31. The highest BCUT2D eigenvalue weighted by Crippen LogP contribution is 2.26. The largest absolute Gasteiger partial charge is 0.378 e. The Morgan fingerprint density at radius 1 is 1.59 bits per heavy atom. The summed E-state index contributed by atoms with van der Waals surface area (Å²) < 4.78 is 5.78. The standard InChI is InChI=1S/C13H22N2OS/c1-9(2)13-11(4-5-16-13)6-14-7-12-8-15-10(3)17-12/h8-9,11,13-14H,4-7H2,1-3H3/t11-,13-/m1/s1. The first kappa shape index (κ1) is 13.0. The SMILES string of the molecule is Cc1ncc(CNC[C@H]2CCO[C@@H]2C(C)C)s1. The molecule has 1 aromatic heterocycles. The summed E-state index contributed by atoms with van der Waals surface area (Å²) in [5.41, 5.74) is 0. The van der Waals surface area contributed by atoms with Crippen LogP contribution in [0.1, 0.15) is 30.2 Å². The van der Waals surface area contributed by atoms with Gasteiger partial charge in [-0.05, 0) is 25.2 Å². The molecule has 0 radical (unpaired) electrons. The van der Waals surface area contributed by atoms with Gasteiger partial charge in [-0.3, -0.25) is 0 Å². The predicted octanol–water partition coefficient (Wildman–Crippen LogP) is 2.60. The Hall–Kier alpha value is -0.450. The number of aryl methyl sites for hydroxylation is 1. The van der Waals surface area contributed by atoms with Crippen LogP contribution in [0, 0.1) is 18.8 Å². The van der Waals surface area contributed by atoms with Crippen LogP contribution in [0.15, 0.2) is 6.20 Å². The second kappa shape index (κ2) is 5.94. The maximum atomic E-state index is 5.78. The molecule has 0 spiro atoms. The van der Waals surface area contributed by atoms with Crippen molar-refractivity contribution >= 4 is 11.3 Å². The Labute approximate surface area is 108 Å². The Morgan fingerprint density at radius 2 is 2.41 bits per heavy atom. The van der Waals surface area contributed by atoms with Gasteiger partial charge in [0.2, 0.25) is 0 Å². The van der Waals surface area contributed by atoms with Gasteiger partial charge < -0.3 is 10.1 Å². The number of thiazole rings is 1. The molecule has 2 atom stereocenters. The molecule has 17 heavy (non-hydrogen) atoms. The molecule has 1 fully saturated rings. The van der Waals surface area contributed by atoms with Gasteiger partial charge in [-0.25, -0.2) is 4.98 Å². The van der Waals surface area contributed by atoms with E-state index in [-0.39, 0.29) is 0 Å². The molecule has 96 valence electrons. The minimum Gasteiger partial charge on any atom is -0.378 e. The molecular weight excluding hydrogens is 232 g/mol. The van der Waals surface area contributed by atoms with Gasteiger partial charge in [-0.1, -0.05) is 13.8 Å². The normalized spacial score (nSPS) is 24.7. The topological polar surface area (TPSA) is 34.2 Å². The minimum atomic E-state index is 0.436. The van der Waals surface area contributed by atoms with Gasteiger partial charge in [0.05, 0.1) is 11.1 Å². The van der Waals surface area contributed by atoms with E-state index in [2.05, 4.69) is 24.1 Å². The summed E-state index contributed by atoms with van der Waals surface area (Å²) >= 11 is 1.77. The quantitative estimate of drug-likeness (QED) is 0.877. The van der Waals surface area contributed by atoms with Crippen LogP contribution in [0.25, 0.3) is 0 Å². The van der Waals surface area contributed by atoms with Crippen LogP contribution in [-0.4, -0.2) is 24.2 Å². The van der Waals surface area contributed by atoms with E-state index in [0.29, 0.717) is 17.9 Å². The monoisotopic (exact) mass is 254 g/mol. The van der Waals surface area contributed by atoms with E-state index in [4.69, 9.17) is 4.74 Å². The molecule has 1 saturated heterocycles. The van der Waals surface area contributed by atoms with E-state index in [1.54, 1.807) is 11.3 Å². The van der Waals surface area contributed by atoms with Crippen LogP contribution in [0.5, 0.6) is 0 Å². The number of ether oxygens (including phenoxy) is 1. The molecule has 1 aliphatic rings. The highest BCUT2D eigenvalue weighted by Gasteiger charge is 2.30. The number of rotatable bonds is 5. The molecular formula is C13H22N2OS. The zero-order chi connectivity index (χ0) is 12.3. The third-order valence-corrected chi connectivity index (χ3v) is 4.21. The third kappa shape index (κ3) is 3.50. The lowest BCUT2D eigenvalue weighted by Gasteiger charge is -2.22. The molecule has 0 unspecified atom stereocenters. The highest BCUT2D eigenvalue weighted by atomic mass is 32.1.